The number of hydrogen-bond acceptors (Lipinski definition) is 8. The number of hydrogen-bond donors (Lipinski definition) is 1. The Balaban J connectivity index is 1.43. The second-order valence-electron chi connectivity index (χ2n) is 6.71. The third-order valence-corrected chi connectivity index (χ3v) is 6.51. The average molecular weight is 437 g/mol. The number of aryl methyl sites for hydroxylation is 1. The highest BCUT2D eigenvalue weighted by atomic mass is 32.2. The van der Waals surface area contributed by atoms with Crippen molar-refractivity contribution in [2.24, 2.45) is 0 Å². The Hall–Kier alpha value is -3.17. The second-order valence-corrected chi connectivity index (χ2v) is 8.86. The van der Waals surface area contributed by atoms with E-state index in [9.17, 15) is 4.79 Å². The quantitative estimate of drug-likeness (QED) is 0.365. The zero-order valence-electron chi connectivity index (χ0n) is 16.1. The van der Waals surface area contributed by atoms with Crippen molar-refractivity contribution in [2.45, 2.75) is 24.3 Å². The number of aromatic amines is 1. The van der Waals surface area contributed by atoms with Gasteiger partial charge in [-0.1, -0.05) is 30.0 Å². The number of thioether (sulfide) groups is 1. The number of thiophene rings is 1. The summed E-state index contributed by atoms with van der Waals surface area (Å²) in [5.74, 6) is 1.68. The van der Waals surface area contributed by atoms with Crippen molar-refractivity contribution in [2.75, 3.05) is 0 Å². The molecule has 0 saturated heterocycles. The summed E-state index contributed by atoms with van der Waals surface area (Å²) in [6.45, 7) is 3.93. The van der Waals surface area contributed by atoms with Crippen LogP contribution in [-0.2, 0) is 0 Å². The lowest BCUT2D eigenvalue weighted by molar-refractivity contribution is 0.464. The van der Waals surface area contributed by atoms with Gasteiger partial charge in [0.05, 0.1) is 16.9 Å². The van der Waals surface area contributed by atoms with E-state index in [1.54, 1.807) is 12.3 Å². The van der Waals surface area contributed by atoms with Crippen molar-refractivity contribution >= 4 is 33.3 Å². The van der Waals surface area contributed by atoms with Crippen LogP contribution >= 0.6 is 23.1 Å². The first-order chi connectivity index (χ1) is 14.6. The van der Waals surface area contributed by atoms with Gasteiger partial charge in [0.25, 0.3) is 10.8 Å². The summed E-state index contributed by atoms with van der Waals surface area (Å²) >= 11 is 2.77. The van der Waals surface area contributed by atoms with Crippen LogP contribution in [0.5, 0.6) is 0 Å². The minimum atomic E-state index is -0.193. The lowest BCUT2D eigenvalue weighted by Crippen LogP contribution is -2.12. The smallest absolute Gasteiger partial charge is 0.277 e. The number of fused-ring (bicyclic) bond motifs is 1. The van der Waals surface area contributed by atoms with Crippen molar-refractivity contribution in [3.63, 3.8) is 0 Å². The molecule has 30 heavy (non-hydrogen) atoms. The molecule has 0 amide bonds. The van der Waals surface area contributed by atoms with E-state index >= 15 is 0 Å². The van der Waals surface area contributed by atoms with Crippen LogP contribution in [0.2, 0.25) is 0 Å². The van der Waals surface area contributed by atoms with Crippen LogP contribution < -0.4 is 5.56 Å². The predicted molar refractivity (Wildman–Crippen MR) is 117 cm³/mol. The Kier molecular flexibility index (Phi) is 4.76. The molecule has 7 nitrogen and oxygen atoms in total. The number of nitrogens with zero attached hydrogens (tertiary/aromatic N) is 3. The van der Waals surface area contributed by atoms with Crippen molar-refractivity contribution in [1.82, 2.24) is 20.2 Å². The van der Waals surface area contributed by atoms with Crippen LogP contribution in [0.4, 0.5) is 0 Å². The third kappa shape index (κ3) is 3.35. The highest BCUT2D eigenvalue weighted by Gasteiger charge is 2.20. The van der Waals surface area contributed by atoms with Gasteiger partial charge >= 0.3 is 0 Å². The van der Waals surface area contributed by atoms with E-state index in [-0.39, 0.29) is 10.8 Å². The first-order valence-corrected chi connectivity index (χ1v) is 11.0. The molecule has 150 valence electrons. The highest BCUT2D eigenvalue weighted by Crippen LogP contribution is 2.36. The van der Waals surface area contributed by atoms with Crippen LogP contribution in [0.25, 0.3) is 33.0 Å². The monoisotopic (exact) mass is 436 g/mol. The predicted octanol–water partition coefficient (Wildman–Crippen LogP) is 5.46. The SMILES string of the molecule is Cc1ccccc1-c1nnc(S[C@H](C)c2nc3scc(-c4ccco4)c3c(=O)[nH]2)o1. The van der Waals surface area contributed by atoms with Gasteiger partial charge in [0.1, 0.15) is 16.4 Å². The molecule has 0 aliphatic rings. The van der Waals surface area contributed by atoms with E-state index in [4.69, 9.17) is 8.83 Å². The molecule has 4 heterocycles. The zero-order valence-corrected chi connectivity index (χ0v) is 17.7. The Morgan fingerprint density at radius 3 is 2.80 bits per heavy atom. The lowest BCUT2D eigenvalue weighted by atomic mass is 10.1. The van der Waals surface area contributed by atoms with Gasteiger partial charge in [-0.15, -0.1) is 21.5 Å². The van der Waals surface area contributed by atoms with Gasteiger partial charge in [-0.05, 0) is 37.6 Å². The molecule has 0 fully saturated rings. The van der Waals surface area contributed by atoms with Crippen molar-refractivity contribution in [1.29, 1.82) is 0 Å². The van der Waals surface area contributed by atoms with Crippen LogP contribution in [0, 0.1) is 6.92 Å². The molecule has 9 heteroatoms. The molecule has 1 aromatic carbocycles. The van der Waals surface area contributed by atoms with E-state index in [0.717, 1.165) is 16.7 Å². The normalized spacial score (nSPS) is 12.5. The number of aromatic nitrogens is 4. The second kappa shape index (κ2) is 7.58. The number of H-pyrrole nitrogens is 1. The van der Waals surface area contributed by atoms with E-state index in [2.05, 4.69) is 20.2 Å². The average Bonchev–Trinajstić information content (AvgIpc) is 3.48. The van der Waals surface area contributed by atoms with Gasteiger partial charge in [0.15, 0.2) is 0 Å². The molecule has 4 aromatic heterocycles. The fraction of sp³-hybridized carbons (Fsp3) is 0.143. The molecule has 0 unspecified atom stereocenters. The molecular formula is C21H16N4O3S2. The van der Waals surface area contributed by atoms with Crippen molar-refractivity contribution in [3.8, 4) is 22.8 Å². The summed E-state index contributed by atoms with van der Waals surface area (Å²) in [6, 6.07) is 11.5. The Bertz CT molecular complexity index is 1390. The molecule has 0 bridgehead atoms. The minimum Gasteiger partial charge on any atom is -0.464 e. The van der Waals surface area contributed by atoms with Crippen LogP contribution in [0.3, 0.4) is 0 Å². The molecule has 5 rings (SSSR count). The van der Waals surface area contributed by atoms with Crippen molar-refractivity contribution < 1.29 is 8.83 Å². The molecule has 0 radical (unpaired) electrons. The fourth-order valence-electron chi connectivity index (χ4n) is 3.16. The Labute approximate surface area is 179 Å². The zero-order chi connectivity index (χ0) is 20.7. The van der Waals surface area contributed by atoms with Crippen LogP contribution in [0.1, 0.15) is 23.6 Å². The summed E-state index contributed by atoms with van der Waals surface area (Å²) in [7, 11) is 0. The number of nitrogens with one attached hydrogen (secondary N) is 1. The number of benzene rings is 1. The van der Waals surface area contributed by atoms with Gasteiger partial charge in [0, 0.05) is 16.5 Å². The Morgan fingerprint density at radius 1 is 1.13 bits per heavy atom. The van der Waals surface area contributed by atoms with Crippen molar-refractivity contribution in [3.05, 3.63) is 69.8 Å². The van der Waals surface area contributed by atoms with Gasteiger partial charge in [0.2, 0.25) is 5.89 Å². The third-order valence-electron chi connectivity index (χ3n) is 4.69. The van der Waals surface area contributed by atoms with Gasteiger partial charge in [-0.2, -0.15) is 0 Å². The molecule has 1 atom stereocenters. The van der Waals surface area contributed by atoms with Crippen LogP contribution in [-0.4, -0.2) is 20.2 Å². The summed E-state index contributed by atoms with van der Waals surface area (Å²) in [4.78, 5) is 21.0. The Morgan fingerprint density at radius 2 is 2.00 bits per heavy atom. The molecule has 0 aliphatic heterocycles. The van der Waals surface area contributed by atoms with E-state index in [0.29, 0.717) is 32.9 Å². The minimum absolute atomic E-state index is 0.179. The van der Waals surface area contributed by atoms with Gasteiger partial charge in [-0.3, -0.25) is 4.79 Å². The maximum atomic E-state index is 12.8. The highest BCUT2D eigenvalue weighted by molar-refractivity contribution is 7.99. The summed E-state index contributed by atoms with van der Waals surface area (Å²) in [6.07, 6.45) is 1.59. The van der Waals surface area contributed by atoms with E-state index in [1.807, 2.05) is 49.6 Å². The maximum absolute atomic E-state index is 12.8. The molecule has 0 saturated carbocycles. The first-order valence-electron chi connectivity index (χ1n) is 9.21. The molecular weight excluding hydrogens is 420 g/mol. The van der Waals surface area contributed by atoms with Gasteiger partial charge in [-0.25, -0.2) is 4.98 Å². The largest absolute Gasteiger partial charge is 0.464 e. The standard InChI is InChI=1S/C21H16N4O3S2/c1-11-6-3-4-7-13(11)19-24-25-21(28-19)30-12(2)17-22-18(26)16-14(10-29-20(16)23-17)15-8-5-9-27-15/h3-10,12H,1-2H3,(H,22,23,26)/t12-/m1/s1. The summed E-state index contributed by atoms with van der Waals surface area (Å²) in [5.41, 5.74) is 2.52. The number of furan rings is 1. The summed E-state index contributed by atoms with van der Waals surface area (Å²) in [5, 5.41) is 11.0. The van der Waals surface area contributed by atoms with Gasteiger partial charge < -0.3 is 13.8 Å². The lowest BCUT2D eigenvalue weighted by Gasteiger charge is -2.07. The fourth-order valence-corrected chi connectivity index (χ4v) is 4.83. The summed E-state index contributed by atoms with van der Waals surface area (Å²) < 4.78 is 11.3. The molecule has 5 aromatic rings. The first kappa shape index (κ1) is 18.8. The topological polar surface area (TPSA) is 97.8 Å². The molecule has 0 aliphatic carbocycles. The maximum Gasteiger partial charge on any atom is 0.277 e. The number of rotatable bonds is 5. The van der Waals surface area contributed by atoms with E-state index < -0.39 is 0 Å². The van der Waals surface area contributed by atoms with Crippen LogP contribution in [0.15, 0.2) is 66.9 Å². The van der Waals surface area contributed by atoms with E-state index in [1.165, 1.54) is 23.1 Å². The molecule has 0 spiro atoms. The molecule has 1 N–H and O–H groups in total.